The van der Waals surface area contributed by atoms with Gasteiger partial charge < -0.3 is 9.47 Å². The predicted molar refractivity (Wildman–Crippen MR) is 52.9 cm³/mol. The molecule has 11 heavy (non-hydrogen) atoms. The third kappa shape index (κ3) is 6.19. The summed E-state index contributed by atoms with van der Waals surface area (Å²) in [5.74, 6) is 0. The van der Waals surface area contributed by atoms with Crippen molar-refractivity contribution in [2.75, 3.05) is 13.2 Å². The molecule has 64 valence electrons. The molecule has 0 atom stereocenters. The minimum Gasteiger partial charge on any atom is -0.488 e. The Kier molecular flexibility index (Phi) is 6.36. The Morgan fingerprint density at radius 3 is 2.36 bits per heavy atom. The molecule has 0 aliphatic carbocycles. The Balaban J connectivity index is 3.76. The van der Waals surface area contributed by atoms with Crippen molar-refractivity contribution < 1.29 is 9.47 Å². The van der Waals surface area contributed by atoms with E-state index < -0.39 is 0 Å². The van der Waals surface area contributed by atoms with E-state index >= 15 is 0 Å². The van der Waals surface area contributed by atoms with Gasteiger partial charge in [0.25, 0.3) is 0 Å². The molecular weight excluding hydrogens is 180 g/mol. The highest BCUT2D eigenvalue weighted by Gasteiger charge is 1.93. The number of thiocarbonyl (C=S) groups is 1. The van der Waals surface area contributed by atoms with Gasteiger partial charge in [-0.1, -0.05) is 0 Å². The molecule has 2 nitrogen and oxygen atoms in total. The predicted octanol–water partition coefficient (Wildman–Crippen LogP) is 2.16. The summed E-state index contributed by atoms with van der Waals surface area (Å²) in [6.45, 7) is 4.92. The SMILES string of the molecule is CCOC(=S)/C=C(/S)OCC. The second-order valence-corrected chi connectivity index (χ2v) is 2.51. The first-order valence-corrected chi connectivity index (χ1v) is 4.26. The molecule has 0 aliphatic rings. The van der Waals surface area contributed by atoms with Gasteiger partial charge in [-0.2, -0.15) is 0 Å². The van der Waals surface area contributed by atoms with E-state index in [-0.39, 0.29) is 0 Å². The molecule has 0 N–H and O–H groups in total. The van der Waals surface area contributed by atoms with Crippen LogP contribution in [0, 0.1) is 0 Å². The Morgan fingerprint density at radius 1 is 1.36 bits per heavy atom. The monoisotopic (exact) mass is 192 g/mol. The standard InChI is InChI=1S/C7H12O2S2/c1-3-8-6(10)5-7(11)9-4-2/h5,10H,3-4H2,1-2H3/b6-5+. The van der Waals surface area contributed by atoms with Crippen molar-refractivity contribution >= 4 is 29.9 Å². The highest BCUT2D eigenvalue weighted by molar-refractivity contribution is 7.84. The lowest BCUT2D eigenvalue weighted by Crippen LogP contribution is -1.98. The molecule has 0 spiro atoms. The van der Waals surface area contributed by atoms with Gasteiger partial charge in [0, 0.05) is 6.08 Å². The molecule has 0 aliphatic heterocycles. The summed E-state index contributed by atoms with van der Waals surface area (Å²) in [4.78, 5) is 0. The Morgan fingerprint density at radius 2 is 1.91 bits per heavy atom. The molecule has 0 aromatic rings. The molecule has 0 rings (SSSR count). The topological polar surface area (TPSA) is 18.5 Å². The molecule has 0 heterocycles. The lowest BCUT2D eigenvalue weighted by molar-refractivity contribution is 0.257. The van der Waals surface area contributed by atoms with Crippen LogP contribution in [-0.2, 0) is 9.47 Å². The fourth-order valence-corrected chi connectivity index (χ4v) is 1.03. The van der Waals surface area contributed by atoms with Crippen molar-refractivity contribution in [2.45, 2.75) is 13.8 Å². The molecular formula is C7H12O2S2. The summed E-state index contributed by atoms with van der Waals surface area (Å²) in [6, 6.07) is 0. The van der Waals surface area contributed by atoms with E-state index in [9.17, 15) is 0 Å². The van der Waals surface area contributed by atoms with Crippen LogP contribution in [-0.4, -0.2) is 18.3 Å². The van der Waals surface area contributed by atoms with E-state index in [0.717, 1.165) is 0 Å². The molecule has 0 saturated heterocycles. The summed E-state index contributed by atoms with van der Waals surface area (Å²) in [5, 5.41) is 0.900. The van der Waals surface area contributed by atoms with Gasteiger partial charge in [-0.05, 0) is 26.1 Å². The number of hydrogen-bond donors (Lipinski definition) is 1. The van der Waals surface area contributed by atoms with Crippen LogP contribution in [0.3, 0.4) is 0 Å². The Hall–Kier alpha value is -0.220. The molecule has 0 fully saturated rings. The lowest BCUT2D eigenvalue weighted by Gasteiger charge is -2.02. The highest BCUT2D eigenvalue weighted by atomic mass is 32.1. The Bertz CT molecular complexity index is 155. The average molecular weight is 192 g/mol. The third-order valence-electron chi connectivity index (χ3n) is 0.820. The number of ether oxygens (including phenoxy) is 2. The minimum absolute atomic E-state index is 0.408. The van der Waals surface area contributed by atoms with Gasteiger partial charge in [0.15, 0.2) is 10.1 Å². The fourth-order valence-electron chi connectivity index (χ4n) is 0.474. The lowest BCUT2D eigenvalue weighted by atomic mass is 10.6. The molecule has 0 aromatic carbocycles. The van der Waals surface area contributed by atoms with Gasteiger partial charge in [0.05, 0.1) is 13.2 Å². The minimum atomic E-state index is 0.408. The van der Waals surface area contributed by atoms with Crippen LogP contribution in [0.15, 0.2) is 11.2 Å². The van der Waals surface area contributed by atoms with Crippen LogP contribution in [0.2, 0.25) is 0 Å². The zero-order valence-corrected chi connectivity index (χ0v) is 8.37. The second kappa shape index (κ2) is 6.49. The maximum Gasteiger partial charge on any atom is 0.187 e. The zero-order chi connectivity index (χ0) is 8.69. The smallest absolute Gasteiger partial charge is 0.187 e. The molecule has 0 radical (unpaired) electrons. The highest BCUT2D eigenvalue weighted by Crippen LogP contribution is 2.02. The quantitative estimate of drug-likeness (QED) is 0.319. The molecule has 0 aromatic heterocycles. The van der Waals surface area contributed by atoms with Crippen LogP contribution in [0.1, 0.15) is 13.8 Å². The van der Waals surface area contributed by atoms with Crippen molar-refractivity contribution in [3.8, 4) is 0 Å². The van der Waals surface area contributed by atoms with Crippen molar-refractivity contribution in [3.05, 3.63) is 11.2 Å². The van der Waals surface area contributed by atoms with E-state index in [1.165, 1.54) is 0 Å². The van der Waals surface area contributed by atoms with Crippen molar-refractivity contribution in [1.29, 1.82) is 0 Å². The van der Waals surface area contributed by atoms with E-state index in [1.807, 2.05) is 13.8 Å². The van der Waals surface area contributed by atoms with Crippen LogP contribution in [0.25, 0.3) is 0 Å². The fraction of sp³-hybridized carbons (Fsp3) is 0.571. The van der Waals surface area contributed by atoms with Crippen LogP contribution in [0.4, 0.5) is 0 Å². The molecule has 0 amide bonds. The number of hydrogen-bond acceptors (Lipinski definition) is 4. The van der Waals surface area contributed by atoms with Gasteiger partial charge in [0.2, 0.25) is 0 Å². The average Bonchev–Trinajstić information content (AvgIpc) is 1.87. The molecule has 0 bridgehead atoms. The number of rotatable bonds is 4. The van der Waals surface area contributed by atoms with Gasteiger partial charge >= 0.3 is 0 Å². The van der Waals surface area contributed by atoms with E-state index in [4.69, 9.17) is 21.7 Å². The van der Waals surface area contributed by atoms with Crippen molar-refractivity contribution in [3.63, 3.8) is 0 Å². The number of thiol groups is 1. The molecule has 0 saturated carbocycles. The maximum absolute atomic E-state index is 5.02. The first kappa shape index (κ1) is 10.8. The summed E-state index contributed by atoms with van der Waals surface area (Å²) in [6.07, 6.45) is 1.57. The largest absolute Gasteiger partial charge is 0.488 e. The Labute approximate surface area is 78.0 Å². The summed E-state index contributed by atoms with van der Waals surface area (Å²) >= 11 is 8.83. The van der Waals surface area contributed by atoms with E-state index in [0.29, 0.717) is 23.4 Å². The van der Waals surface area contributed by atoms with E-state index in [1.54, 1.807) is 6.08 Å². The maximum atomic E-state index is 5.02. The van der Waals surface area contributed by atoms with Gasteiger partial charge in [-0.25, -0.2) is 0 Å². The van der Waals surface area contributed by atoms with Crippen LogP contribution in [0.5, 0.6) is 0 Å². The molecule has 0 unspecified atom stereocenters. The summed E-state index contributed by atoms with van der Waals surface area (Å²) in [7, 11) is 0. The normalized spacial score (nSPS) is 11.0. The first-order valence-electron chi connectivity index (χ1n) is 3.40. The summed E-state index contributed by atoms with van der Waals surface area (Å²) in [5.41, 5.74) is 0. The van der Waals surface area contributed by atoms with E-state index in [2.05, 4.69) is 12.6 Å². The van der Waals surface area contributed by atoms with Gasteiger partial charge in [-0.3, -0.25) is 0 Å². The van der Waals surface area contributed by atoms with Crippen molar-refractivity contribution in [2.24, 2.45) is 0 Å². The first-order chi connectivity index (χ1) is 5.20. The third-order valence-corrected chi connectivity index (χ3v) is 1.31. The van der Waals surface area contributed by atoms with Gasteiger partial charge in [-0.15, -0.1) is 12.6 Å². The van der Waals surface area contributed by atoms with Gasteiger partial charge in [0.1, 0.15) is 0 Å². The molecule has 4 heteroatoms. The second-order valence-electron chi connectivity index (χ2n) is 1.67. The summed E-state index contributed by atoms with van der Waals surface area (Å²) < 4.78 is 10.0. The van der Waals surface area contributed by atoms with Crippen LogP contribution < -0.4 is 0 Å². The van der Waals surface area contributed by atoms with Crippen LogP contribution >= 0.6 is 24.8 Å². The zero-order valence-electron chi connectivity index (χ0n) is 6.66. The van der Waals surface area contributed by atoms with Crippen molar-refractivity contribution in [1.82, 2.24) is 0 Å².